The van der Waals surface area contributed by atoms with E-state index in [1.54, 1.807) is 12.1 Å². The highest BCUT2D eigenvalue weighted by atomic mass is 19.4. The van der Waals surface area contributed by atoms with Crippen LogP contribution < -0.4 is 10.6 Å². The Labute approximate surface area is 183 Å². The van der Waals surface area contributed by atoms with Crippen molar-refractivity contribution in [1.82, 2.24) is 15.1 Å². The smallest absolute Gasteiger partial charge is 0.410 e. The molecule has 7 rings (SSSR count). The van der Waals surface area contributed by atoms with E-state index in [1.807, 2.05) is 0 Å². The van der Waals surface area contributed by atoms with Crippen LogP contribution in [0.4, 0.5) is 19.0 Å². The summed E-state index contributed by atoms with van der Waals surface area (Å²) in [5.74, 6) is 2.52. The molecule has 4 fully saturated rings. The van der Waals surface area contributed by atoms with Crippen LogP contribution in [-0.2, 0) is 0 Å². The number of carbonyl (C=O) groups excluding carboxylic acids is 1. The Bertz CT molecular complexity index is 978. The van der Waals surface area contributed by atoms with E-state index in [9.17, 15) is 18.0 Å². The molecule has 4 saturated carbocycles. The Kier molecular flexibility index (Phi) is 4.43. The van der Waals surface area contributed by atoms with Gasteiger partial charge in [-0.1, -0.05) is 0 Å². The zero-order valence-corrected chi connectivity index (χ0v) is 17.7. The molecule has 2 aromatic rings. The molecule has 172 valence electrons. The highest BCUT2D eigenvalue weighted by molar-refractivity contribution is 5.93. The Morgan fingerprint density at radius 3 is 2.47 bits per heavy atom. The highest BCUT2D eigenvalue weighted by Gasteiger charge is 2.51. The zero-order valence-electron chi connectivity index (χ0n) is 17.7. The summed E-state index contributed by atoms with van der Waals surface area (Å²) < 4.78 is 47.6. The van der Waals surface area contributed by atoms with Crippen molar-refractivity contribution in [2.24, 2.45) is 23.2 Å². The molecule has 9 heteroatoms. The molecule has 2 aromatic heterocycles. The quantitative estimate of drug-likeness (QED) is 0.684. The number of aromatic nitrogens is 2. The van der Waals surface area contributed by atoms with Gasteiger partial charge in [0.05, 0.1) is 12.3 Å². The number of hydrogen-bond acceptors (Lipinski definition) is 4. The SMILES string of the molecule is O=C(NCC12CC3CC(CC(C3)C1)C2)c1cc2n(n1)[C@@H](C(F)(F)F)C[C@H](c1ccco1)N2. The van der Waals surface area contributed by atoms with Crippen LogP contribution in [0.2, 0.25) is 0 Å². The van der Waals surface area contributed by atoms with Crippen molar-refractivity contribution in [3.63, 3.8) is 0 Å². The number of hydrogen-bond donors (Lipinski definition) is 2. The molecule has 3 heterocycles. The van der Waals surface area contributed by atoms with Gasteiger partial charge in [0.2, 0.25) is 0 Å². The molecule has 4 aliphatic carbocycles. The van der Waals surface area contributed by atoms with E-state index in [2.05, 4.69) is 15.7 Å². The van der Waals surface area contributed by atoms with Crippen molar-refractivity contribution in [3.8, 4) is 0 Å². The van der Waals surface area contributed by atoms with Gasteiger partial charge in [-0.05, 0) is 73.8 Å². The minimum Gasteiger partial charge on any atom is -0.467 e. The van der Waals surface area contributed by atoms with E-state index in [0.29, 0.717) is 12.3 Å². The average Bonchev–Trinajstić information content (AvgIpc) is 3.39. The van der Waals surface area contributed by atoms with E-state index < -0.39 is 24.2 Å². The van der Waals surface area contributed by atoms with Crippen LogP contribution in [0.5, 0.6) is 0 Å². The lowest BCUT2D eigenvalue weighted by Crippen LogP contribution is -2.51. The van der Waals surface area contributed by atoms with Gasteiger partial charge >= 0.3 is 6.18 Å². The van der Waals surface area contributed by atoms with Crippen LogP contribution in [0.1, 0.15) is 73.3 Å². The number of rotatable bonds is 4. The van der Waals surface area contributed by atoms with E-state index in [1.165, 1.54) is 31.6 Å². The summed E-state index contributed by atoms with van der Waals surface area (Å²) in [5, 5.41) is 10.1. The maximum Gasteiger partial charge on any atom is 0.410 e. The van der Waals surface area contributed by atoms with E-state index in [4.69, 9.17) is 4.42 Å². The molecular formula is C23H27F3N4O2. The summed E-state index contributed by atoms with van der Waals surface area (Å²) >= 11 is 0. The van der Waals surface area contributed by atoms with Crippen LogP contribution >= 0.6 is 0 Å². The fraction of sp³-hybridized carbons (Fsp3) is 0.652. The molecule has 32 heavy (non-hydrogen) atoms. The van der Waals surface area contributed by atoms with Crippen molar-refractivity contribution >= 4 is 11.7 Å². The summed E-state index contributed by atoms with van der Waals surface area (Å²) in [6.45, 7) is 0.586. The summed E-state index contributed by atoms with van der Waals surface area (Å²) in [6, 6.07) is 2.26. The van der Waals surface area contributed by atoms with Gasteiger partial charge in [0.25, 0.3) is 5.91 Å². The van der Waals surface area contributed by atoms with Crippen LogP contribution in [0.25, 0.3) is 0 Å². The normalized spacial score (nSPS) is 35.4. The third-order valence-corrected chi connectivity index (χ3v) is 8.10. The fourth-order valence-corrected chi connectivity index (χ4v) is 7.23. The molecular weight excluding hydrogens is 421 g/mol. The largest absolute Gasteiger partial charge is 0.467 e. The number of fused-ring (bicyclic) bond motifs is 1. The number of carbonyl (C=O) groups is 1. The number of halogens is 3. The van der Waals surface area contributed by atoms with E-state index in [0.717, 1.165) is 41.7 Å². The predicted molar refractivity (Wildman–Crippen MR) is 110 cm³/mol. The second-order valence-electron chi connectivity index (χ2n) is 10.5. The molecule has 0 unspecified atom stereocenters. The Morgan fingerprint density at radius 1 is 1.19 bits per heavy atom. The molecule has 5 aliphatic rings. The number of nitrogens with one attached hydrogen (secondary N) is 2. The van der Waals surface area contributed by atoms with Crippen LogP contribution in [-0.4, -0.2) is 28.4 Å². The summed E-state index contributed by atoms with van der Waals surface area (Å²) in [7, 11) is 0. The first-order chi connectivity index (χ1) is 15.3. The number of furan rings is 1. The molecule has 1 amide bonds. The number of nitrogens with zero attached hydrogens (tertiary/aromatic N) is 2. The van der Waals surface area contributed by atoms with Gasteiger partial charge in [0, 0.05) is 19.0 Å². The summed E-state index contributed by atoms with van der Waals surface area (Å²) in [4.78, 5) is 12.9. The van der Waals surface area contributed by atoms with Gasteiger partial charge in [-0.15, -0.1) is 0 Å². The molecule has 2 atom stereocenters. The first kappa shape index (κ1) is 20.2. The van der Waals surface area contributed by atoms with Gasteiger partial charge in [0.1, 0.15) is 11.6 Å². The molecule has 0 radical (unpaired) electrons. The lowest BCUT2D eigenvalue weighted by molar-refractivity contribution is -0.174. The van der Waals surface area contributed by atoms with Crippen molar-refractivity contribution < 1.29 is 22.4 Å². The molecule has 0 saturated heterocycles. The van der Waals surface area contributed by atoms with Gasteiger partial charge < -0.3 is 15.1 Å². The van der Waals surface area contributed by atoms with Crippen LogP contribution in [0.3, 0.4) is 0 Å². The first-order valence-electron chi connectivity index (χ1n) is 11.5. The standard InChI is InChI=1S/C23H27F3N4O2/c24-23(25,26)19-7-16(18-2-1-3-32-18)28-20-8-17(29-30(19)20)21(31)27-12-22-9-13-4-14(10-22)6-15(5-13)11-22/h1-3,8,13-16,19,28H,4-7,9-12H2,(H,27,31)/t13?,14?,15?,16-,19-,22?/m1/s1. The van der Waals surface area contributed by atoms with E-state index in [-0.39, 0.29) is 23.3 Å². The van der Waals surface area contributed by atoms with Gasteiger partial charge in [-0.25, -0.2) is 4.68 Å². The van der Waals surface area contributed by atoms with E-state index >= 15 is 0 Å². The predicted octanol–water partition coefficient (Wildman–Crippen LogP) is 5.08. The summed E-state index contributed by atoms with van der Waals surface area (Å²) in [6.07, 6.45) is 4.13. The van der Waals surface area contributed by atoms with Crippen LogP contribution in [0.15, 0.2) is 28.9 Å². The molecule has 2 N–H and O–H groups in total. The third-order valence-electron chi connectivity index (χ3n) is 8.10. The van der Waals surface area contributed by atoms with Gasteiger partial charge in [0.15, 0.2) is 11.7 Å². The minimum atomic E-state index is -4.49. The molecule has 6 nitrogen and oxygen atoms in total. The van der Waals surface area contributed by atoms with Crippen LogP contribution in [0, 0.1) is 23.2 Å². The molecule has 0 aromatic carbocycles. The van der Waals surface area contributed by atoms with Crippen molar-refractivity contribution in [3.05, 3.63) is 35.9 Å². The lowest BCUT2D eigenvalue weighted by atomic mass is 9.49. The number of alkyl halides is 3. The van der Waals surface area contributed by atoms with Gasteiger partial charge in [-0.2, -0.15) is 18.3 Å². The zero-order chi connectivity index (χ0) is 22.1. The monoisotopic (exact) mass is 448 g/mol. The van der Waals surface area contributed by atoms with Crippen molar-refractivity contribution in [1.29, 1.82) is 0 Å². The Morgan fingerprint density at radius 2 is 1.88 bits per heavy atom. The average molecular weight is 448 g/mol. The molecule has 1 aliphatic heterocycles. The second-order valence-corrected chi connectivity index (χ2v) is 10.5. The maximum atomic E-state index is 13.8. The first-order valence-corrected chi connectivity index (χ1v) is 11.5. The maximum absolute atomic E-state index is 13.8. The Balaban J connectivity index is 1.20. The molecule has 0 spiro atoms. The topological polar surface area (TPSA) is 72.1 Å². The third kappa shape index (κ3) is 3.40. The minimum absolute atomic E-state index is 0.0200. The fourth-order valence-electron chi connectivity index (χ4n) is 7.23. The highest BCUT2D eigenvalue weighted by Crippen LogP contribution is 2.59. The van der Waals surface area contributed by atoms with Gasteiger partial charge in [-0.3, -0.25) is 4.79 Å². The number of amides is 1. The Hall–Kier alpha value is -2.45. The number of anilines is 1. The van der Waals surface area contributed by atoms with Crippen molar-refractivity contribution in [2.45, 2.75) is 63.2 Å². The molecule has 4 bridgehead atoms. The lowest BCUT2D eigenvalue weighted by Gasteiger charge is -2.56. The second kappa shape index (κ2) is 7.02. The summed E-state index contributed by atoms with van der Waals surface area (Å²) in [5.41, 5.74) is 0.174. The van der Waals surface area contributed by atoms with Crippen molar-refractivity contribution in [2.75, 3.05) is 11.9 Å².